The fourth-order valence-corrected chi connectivity index (χ4v) is 3.27. The average Bonchev–Trinajstić information content (AvgIpc) is 2.96. The van der Waals surface area contributed by atoms with Gasteiger partial charge in [0.1, 0.15) is 19.1 Å². The third-order valence-electron chi connectivity index (χ3n) is 4.59. The molecule has 2 aliphatic rings. The Morgan fingerprint density at radius 1 is 1.24 bits per heavy atom. The minimum atomic E-state index is -0.719. The van der Waals surface area contributed by atoms with Crippen LogP contribution in [-0.2, 0) is 4.79 Å². The third kappa shape index (κ3) is 2.49. The van der Waals surface area contributed by atoms with Crippen LogP contribution in [0.25, 0.3) is 0 Å². The number of hydrogen-bond donors (Lipinski definition) is 0. The largest absolute Gasteiger partial charge is 0.486 e. The van der Waals surface area contributed by atoms with Crippen LogP contribution in [0.2, 0.25) is 0 Å². The summed E-state index contributed by atoms with van der Waals surface area (Å²) in [5.74, 6) is 0.632. The maximum Gasteiger partial charge on any atom is 0.161 e. The van der Waals surface area contributed by atoms with Crippen molar-refractivity contribution in [2.24, 2.45) is 5.41 Å². The van der Waals surface area contributed by atoms with Gasteiger partial charge in [-0.1, -0.05) is 25.8 Å². The Bertz CT molecular complexity index is 597. The van der Waals surface area contributed by atoms with Crippen molar-refractivity contribution >= 4 is 5.78 Å². The highest BCUT2D eigenvalue weighted by Gasteiger charge is 2.40. The zero-order chi connectivity index (χ0) is 14.9. The van der Waals surface area contributed by atoms with E-state index in [4.69, 9.17) is 9.47 Å². The van der Waals surface area contributed by atoms with Gasteiger partial charge in [0.05, 0.1) is 6.07 Å². The van der Waals surface area contributed by atoms with E-state index in [2.05, 4.69) is 6.07 Å². The Morgan fingerprint density at radius 2 is 1.90 bits per heavy atom. The Balaban J connectivity index is 1.90. The molecule has 1 aromatic rings. The molecular weight excluding hydrogens is 266 g/mol. The van der Waals surface area contributed by atoms with E-state index in [0.717, 1.165) is 25.7 Å². The van der Waals surface area contributed by atoms with Gasteiger partial charge in [0.2, 0.25) is 0 Å². The van der Waals surface area contributed by atoms with Gasteiger partial charge >= 0.3 is 0 Å². The number of nitriles is 1. The van der Waals surface area contributed by atoms with E-state index in [-0.39, 0.29) is 11.2 Å². The summed E-state index contributed by atoms with van der Waals surface area (Å²) in [6, 6.07) is 7.55. The van der Waals surface area contributed by atoms with Crippen LogP contribution in [-0.4, -0.2) is 19.0 Å². The monoisotopic (exact) mass is 285 g/mol. The van der Waals surface area contributed by atoms with Gasteiger partial charge in [-0.05, 0) is 30.5 Å². The second-order valence-electron chi connectivity index (χ2n) is 6.10. The van der Waals surface area contributed by atoms with Crippen LogP contribution in [0.1, 0.15) is 44.1 Å². The molecule has 0 N–H and O–H groups in total. The quantitative estimate of drug-likeness (QED) is 0.855. The van der Waals surface area contributed by atoms with Crippen molar-refractivity contribution in [3.63, 3.8) is 0 Å². The summed E-state index contributed by atoms with van der Waals surface area (Å²) >= 11 is 0. The Kier molecular flexibility index (Phi) is 3.59. The van der Waals surface area contributed by atoms with Crippen molar-refractivity contribution < 1.29 is 14.3 Å². The van der Waals surface area contributed by atoms with Gasteiger partial charge in [0.25, 0.3) is 0 Å². The summed E-state index contributed by atoms with van der Waals surface area (Å²) in [5.41, 5.74) is 0.355. The zero-order valence-electron chi connectivity index (χ0n) is 12.2. The third-order valence-corrected chi connectivity index (χ3v) is 4.59. The summed E-state index contributed by atoms with van der Waals surface area (Å²) in [6.07, 6.45) is 3.91. The maximum atomic E-state index is 12.8. The molecule has 3 rings (SSSR count). The molecule has 110 valence electrons. The normalized spacial score (nSPS) is 20.6. The van der Waals surface area contributed by atoms with E-state index in [0.29, 0.717) is 30.3 Å². The zero-order valence-corrected chi connectivity index (χ0v) is 12.2. The molecule has 0 aromatic heterocycles. The molecule has 1 aliphatic carbocycles. The topological polar surface area (TPSA) is 59.3 Å². The molecule has 21 heavy (non-hydrogen) atoms. The van der Waals surface area contributed by atoms with Gasteiger partial charge < -0.3 is 9.47 Å². The summed E-state index contributed by atoms with van der Waals surface area (Å²) in [5, 5.41) is 9.49. The number of benzene rings is 1. The molecule has 0 radical (unpaired) electrons. The number of ether oxygens (including phenoxy) is 2. The summed E-state index contributed by atoms with van der Waals surface area (Å²) < 4.78 is 11.0. The summed E-state index contributed by atoms with van der Waals surface area (Å²) in [6.45, 7) is 3.02. The van der Waals surface area contributed by atoms with Crippen LogP contribution in [0.5, 0.6) is 11.5 Å². The average molecular weight is 285 g/mol. The fraction of sp³-hybridized carbons (Fsp3) is 0.529. The van der Waals surface area contributed by atoms with E-state index < -0.39 is 5.92 Å². The first-order valence-corrected chi connectivity index (χ1v) is 7.47. The Labute approximate surface area is 124 Å². The van der Waals surface area contributed by atoms with Crippen LogP contribution >= 0.6 is 0 Å². The summed E-state index contributed by atoms with van der Waals surface area (Å²) in [4.78, 5) is 12.8. The molecule has 1 atom stereocenters. The molecule has 0 amide bonds. The highest BCUT2D eigenvalue weighted by molar-refractivity contribution is 5.93. The molecule has 1 aliphatic heterocycles. The predicted octanol–water partition coefficient (Wildman–Crippen LogP) is 3.21. The predicted molar refractivity (Wildman–Crippen MR) is 77.4 cm³/mol. The van der Waals surface area contributed by atoms with E-state index in [1.165, 1.54) is 0 Å². The van der Waals surface area contributed by atoms with Gasteiger partial charge in [0, 0.05) is 5.41 Å². The van der Waals surface area contributed by atoms with Crippen LogP contribution in [0.15, 0.2) is 18.2 Å². The van der Waals surface area contributed by atoms with E-state index in [9.17, 15) is 10.1 Å². The molecule has 1 aromatic carbocycles. The molecular formula is C17H19NO3. The van der Waals surface area contributed by atoms with E-state index in [1.54, 1.807) is 18.2 Å². The lowest BCUT2D eigenvalue weighted by molar-refractivity contribution is -0.128. The van der Waals surface area contributed by atoms with Crippen LogP contribution < -0.4 is 9.47 Å². The highest BCUT2D eigenvalue weighted by Crippen LogP contribution is 2.43. The number of nitrogens with zero attached hydrogens (tertiary/aromatic N) is 1. The number of Topliss-reactive ketones (excluding diaryl/α,β-unsaturated/α-hetero) is 1. The number of carbonyl (C=O) groups excluding carboxylic acids is 1. The number of ketones is 1. The lowest BCUT2D eigenvalue weighted by Gasteiger charge is -2.25. The van der Waals surface area contributed by atoms with Crippen molar-refractivity contribution in [3.8, 4) is 17.6 Å². The van der Waals surface area contributed by atoms with Crippen LogP contribution in [0.3, 0.4) is 0 Å². The second-order valence-corrected chi connectivity index (χ2v) is 6.10. The van der Waals surface area contributed by atoms with Crippen molar-refractivity contribution in [1.29, 1.82) is 5.26 Å². The van der Waals surface area contributed by atoms with Crippen LogP contribution in [0, 0.1) is 16.7 Å². The number of hydrogen-bond acceptors (Lipinski definition) is 4. The van der Waals surface area contributed by atoms with Gasteiger partial charge in [0.15, 0.2) is 17.3 Å². The smallest absolute Gasteiger partial charge is 0.161 e. The molecule has 0 spiro atoms. The lowest BCUT2D eigenvalue weighted by atomic mass is 9.76. The molecule has 1 heterocycles. The van der Waals surface area contributed by atoms with Crippen molar-refractivity contribution in [3.05, 3.63) is 23.8 Å². The van der Waals surface area contributed by atoms with E-state index >= 15 is 0 Å². The Hall–Kier alpha value is -2.02. The highest BCUT2D eigenvalue weighted by atomic mass is 16.6. The minimum absolute atomic E-state index is 0.0409. The van der Waals surface area contributed by atoms with Gasteiger partial charge in [-0.25, -0.2) is 0 Å². The number of rotatable bonds is 3. The molecule has 1 saturated carbocycles. The molecule has 0 bridgehead atoms. The first-order chi connectivity index (χ1) is 10.1. The molecule has 4 heteroatoms. The SMILES string of the molecule is CC1(C(=O)C(C#N)c2ccc3c(c2)OCCO3)CCCC1. The first kappa shape index (κ1) is 13.9. The van der Waals surface area contributed by atoms with Gasteiger partial charge in [-0.15, -0.1) is 0 Å². The van der Waals surface area contributed by atoms with Gasteiger partial charge in [-0.3, -0.25) is 4.79 Å². The standard InChI is InChI=1S/C17H19NO3/c1-17(6-2-3-7-17)16(19)13(11-18)12-4-5-14-15(10-12)21-9-8-20-14/h4-5,10,13H,2-3,6-9H2,1H3. The molecule has 1 unspecified atom stereocenters. The molecule has 4 nitrogen and oxygen atoms in total. The van der Waals surface area contributed by atoms with Crippen LogP contribution in [0.4, 0.5) is 0 Å². The van der Waals surface area contributed by atoms with Crippen molar-refractivity contribution in [2.75, 3.05) is 13.2 Å². The number of carbonyl (C=O) groups is 1. The first-order valence-electron chi connectivity index (χ1n) is 7.47. The van der Waals surface area contributed by atoms with E-state index in [1.807, 2.05) is 6.92 Å². The maximum absolute atomic E-state index is 12.8. The van der Waals surface area contributed by atoms with Gasteiger partial charge in [-0.2, -0.15) is 5.26 Å². The van der Waals surface area contributed by atoms with Crippen molar-refractivity contribution in [2.45, 2.75) is 38.5 Å². The minimum Gasteiger partial charge on any atom is -0.486 e. The fourth-order valence-electron chi connectivity index (χ4n) is 3.27. The second kappa shape index (κ2) is 5.40. The molecule has 1 fully saturated rings. The lowest BCUT2D eigenvalue weighted by Crippen LogP contribution is -2.29. The number of fused-ring (bicyclic) bond motifs is 1. The Morgan fingerprint density at radius 3 is 2.57 bits per heavy atom. The summed E-state index contributed by atoms with van der Waals surface area (Å²) in [7, 11) is 0. The van der Waals surface area contributed by atoms with Crippen molar-refractivity contribution in [1.82, 2.24) is 0 Å². The molecule has 0 saturated heterocycles.